The molecule has 0 aliphatic rings. The standard InChI is InChI=1S/C9H10O5/c1-4-5(2)14-6(3-7(10)11)8(4)9(12)13/h3H2,1-2H3,(H,10,11)(H,12,13). The van der Waals surface area contributed by atoms with E-state index in [4.69, 9.17) is 14.6 Å². The first kappa shape index (κ1) is 10.3. The fraction of sp³-hybridized carbons (Fsp3) is 0.333. The first-order valence-corrected chi connectivity index (χ1v) is 3.97. The van der Waals surface area contributed by atoms with Crippen molar-refractivity contribution >= 4 is 11.9 Å². The van der Waals surface area contributed by atoms with Crippen LogP contribution in [0.1, 0.15) is 27.4 Å². The quantitative estimate of drug-likeness (QED) is 0.762. The number of furan rings is 1. The average molecular weight is 198 g/mol. The summed E-state index contributed by atoms with van der Waals surface area (Å²) in [6, 6.07) is 0. The number of hydrogen-bond acceptors (Lipinski definition) is 3. The molecule has 0 spiro atoms. The summed E-state index contributed by atoms with van der Waals surface area (Å²) < 4.78 is 5.06. The summed E-state index contributed by atoms with van der Waals surface area (Å²) >= 11 is 0. The van der Waals surface area contributed by atoms with Crippen LogP contribution in [-0.2, 0) is 11.2 Å². The van der Waals surface area contributed by atoms with Crippen molar-refractivity contribution in [1.82, 2.24) is 0 Å². The summed E-state index contributed by atoms with van der Waals surface area (Å²) in [6.45, 7) is 3.20. The molecule has 5 heteroatoms. The molecule has 0 unspecified atom stereocenters. The second-order valence-corrected chi connectivity index (χ2v) is 2.96. The van der Waals surface area contributed by atoms with Crippen molar-refractivity contribution in [1.29, 1.82) is 0 Å². The molecule has 0 saturated heterocycles. The average Bonchev–Trinajstić information content (AvgIpc) is 2.26. The molecule has 1 aromatic rings. The molecular weight excluding hydrogens is 188 g/mol. The zero-order valence-electron chi connectivity index (χ0n) is 7.83. The molecule has 1 heterocycles. The van der Waals surface area contributed by atoms with Crippen molar-refractivity contribution < 1.29 is 24.2 Å². The highest BCUT2D eigenvalue weighted by molar-refractivity contribution is 5.92. The maximum absolute atomic E-state index is 10.8. The molecule has 0 aromatic carbocycles. The molecular formula is C9H10O5. The van der Waals surface area contributed by atoms with Gasteiger partial charge in [0, 0.05) is 5.56 Å². The van der Waals surface area contributed by atoms with Gasteiger partial charge in [0.1, 0.15) is 23.5 Å². The van der Waals surface area contributed by atoms with E-state index in [0.717, 1.165) is 0 Å². The Kier molecular flexibility index (Phi) is 2.60. The lowest BCUT2D eigenvalue weighted by Crippen LogP contribution is -2.06. The number of aliphatic carboxylic acids is 1. The van der Waals surface area contributed by atoms with E-state index in [1.54, 1.807) is 13.8 Å². The minimum absolute atomic E-state index is 0.000000000000000444. The Morgan fingerprint density at radius 2 is 1.86 bits per heavy atom. The number of aromatic carboxylic acids is 1. The number of carboxylic acid groups (broad SMARTS) is 2. The van der Waals surface area contributed by atoms with Crippen molar-refractivity contribution in [3.05, 3.63) is 22.6 Å². The fourth-order valence-corrected chi connectivity index (χ4v) is 1.24. The van der Waals surface area contributed by atoms with Gasteiger partial charge in [-0.05, 0) is 13.8 Å². The first-order chi connectivity index (χ1) is 6.43. The lowest BCUT2D eigenvalue weighted by atomic mass is 10.1. The highest BCUT2D eigenvalue weighted by atomic mass is 16.4. The van der Waals surface area contributed by atoms with Crippen LogP contribution in [0.15, 0.2) is 4.42 Å². The van der Waals surface area contributed by atoms with Crippen LogP contribution >= 0.6 is 0 Å². The Bertz CT molecular complexity index is 388. The van der Waals surface area contributed by atoms with E-state index in [9.17, 15) is 9.59 Å². The van der Waals surface area contributed by atoms with E-state index >= 15 is 0 Å². The second-order valence-electron chi connectivity index (χ2n) is 2.96. The molecule has 0 aliphatic heterocycles. The maximum atomic E-state index is 10.8. The van der Waals surface area contributed by atoms with Gasteiger partial charge in [-0.2, -0.15) is 0 Å². The molecule has 1 aromatic heterocycles. The molecule has 2 N–H and O–H groups in total. The maximum Gasteiger partial charge on any atom is 0.339 e. The summed E-state index contributed by atoms with van der Waals surface area (Å²) in [5, 5.41) is 17.3. The third-order valence-electron chi connectivity index (χ3n) is 1.98. The van der Waals surface area contributed by atoms with E-state index in [-0.39, 0.29) is 11.3 Å². The van der Waals surface area contributed by atoms with Gasteiger partial charge in [0.05, 0.1) is 0 Å². The van der Waals surface area contributed by atoms with Crippen molar-refractivity contribution in [2.45, 2.75) is 20.3 Å². The Morgan fingerprint density at radius 3 is 2.29 bits per heavy atom. The van der Waals surface area contributed by atoms with Crippen molar-refractivity contribution in [3.63, 3.8) is 0 Å². The highest BCUT2D eigenvalue weighted by Crippen LogP contribution is 2.21. The Hall–Kier alpha value is -1.78. The first-order valence-electron chi connectivity index (χ1n) is 3.97. The SMILES string of the molecule is Cc1oc(CC(=O)O)c(C(=O)O)c1C. The topological polar surface area (TPSA) is 87.7 Å². The smallest absolute Gasteiger partial charge is 0.339 e. The number of carboxylic acids is 2. The molecule has 14 heavy (non-hydrogen) atoms. The van der Waals surface area contributed by atoms with Crippen LogP contribution in [0, 0.1) is 13.8 Å². The minimum atomic E-state index is -1.16. The fourth-order valence-electron chi connectivity index (χ4n) is 1.24. The summed E-state index contributed by atoms with van der Waals surface area (Å²) in [4.78, 5) is 21.2. The van der Waals surface area contributed by atoms with Crippen molar-refractivity contribution in [3.8, 4) is 0 Å². The van der Waals surface area contributed by atoms with Crippen LogP contribution in [-0.4, -0.2) is 22.2 Å². The molecule has 0 atom stereocenters. The third kappa shape index (κ3) is 1.76. The van der Waals surface area contributed by atoms with E-state index in [1.165, 1.54) is 0 Å². The zero-order valence-corrected chi connectivity index (χ0v) is 7.83. The van der Waals surface area contributed by atoms with Gasteiger partial charge in [-0.15, -0.1) is 0 Å². The van der Waals surface area contributed by atoms with Gasteiger partial charge < -0.3 is 14.6 Å². The van der Waals surface area contributed by atoms with Gasteiger partial charge in [0.15, 0.2) is 0 Å². The van der Waals surface area contributed by atoms with Crippen LogP contribution in [0.5, 0.6) is 0 Å². The Labute approximate surface area is 80.0 Å². The van der Waals surface area contributed by atoms with Crippen LogP contribution < -0.4 is 0 Å². The number of aryl methyl sites for hydroxylation is 1. The van der Waals surface area contributed by atoms with Crippen LogP contribution in [0.25, 0.3) is 0 Å². The summed E-state index contributed by atoms with van der Waals surface area (Å²) in [7, 11) is 0. The van der Waals surface area contributed by atoms with Crippen molar-refractivity contribution in [2.75, 3.05) is 0 Å². The van der Waals surface area contributed by atoms with Crippen LogP contribution in [0.3, 0.4) is 0 Å². The molecule has 0 radical (unpaired) electrons. The predicted octanol–water partition coefficient (Wildman–Crippen LogP) is 1.22. The minimum Gasteiger partial charge on any atom is -0.481 e. The number of hydrogen-bond donors (Lipinski definition) is 2. The van der Waals surface area contributed by atoms with Crippen LogP contribution in [0.4, 0.5) is 0 Å². The third-order valence-corrected chi connectivity index (χ3v) is 1.98. The molecule has 0 saturated carbocycles. The normalized spacial score (nSPS) is 10.1. The van der Waals surface area contributed by atoms with Gasteiger partial charge in [-0.1, -0.05) is 0 Å². The second kappa shape index (κ2) is 3.53. The largest absolute Gasteiger partial charge is 0.481 e. The molecule has 0 aliphatic carbocycles. The molecule has 5 nitrogen and oxygen atoms in total. The highest BCUT2D eigenvalue weighted by Gasteiger charge is 2.21. The number of carbonyl (C=O) groups is 2. The van der Waals surface area contributed by atoms with E-state index in [2.05, 4.69) is 0 Å². The van der Waals surface area contributed by atoms with Gasteiger partial charge in [-0.25, -0.2) is 4.79 Å². The molecule has 0 bridgehead atoms. The van der Waals surface area contributed by atoms with E-state index in [0.29, 0.717) is 11.3 Å². The van der Waals surface area contributed by atoms with Gasteiger partial charge in [0.25, 0.3) is 0 Å². The summed E-state index contributed by atoms with van der Waals surface area (Å²) in [5.74, 6) is -1.82. The van der Waals surface area contributed by atoms with Gasteiger partial charge in [-0.3, -0.25) is 4.79 Å². The van der Waals surface area contributed by atoms with E-state index in [1.807, 2.05) is 0 Å². The van der Waals surface area contributed by atoms with Gasteiger partial charge in [0.2, 0.25) is 0 Å². The lowest BCUT2D eigenvalue weighted by molar-refractivity contribution is -0.136. The number of rotatable bonds is 3. The molecule has 0 amide bonds. The van der Waals surface area contributed by atoms with Crippen molar-refractivity contribution in [2.24, 2.45) is 0 Å². The lowest BCUT2D eigenvalue weighted by Gasteiger charge is -1.94. The van der Waals surface area contributed by atoms with Gasteiger partial charge >= 0.3 is 11.9 Å². The summed E-state index contributed by atoms with van der Waals surface area (Å²) in [6.07, 6.45) is -0.406. The monoisotopic (exact) mass is 198 g/mol. The molecule has 1 rings (SSSR count). The molecule has 0 fully saturated rings. The Morgan fingerprint density at radius 1 is 1.29 bits per heavy atom. The van der Waals surface area contributed by atoms with Crippen LogP contribution in [0.2, 0.25) is 0 Å². The zero-order chi connectivity index (χ0) is 10.9. The molecule has 76 valence electrons. The Balaban J connectivity index is 3.22. The summed E-state index contributed by atoms with van der Waals surface area (Å²) in [5.41, 5.74) is 0.443. The predicted molar refractivity (Wildman–Crippen MR) is 46.5 cm³/mol. The van der Waals surface area contributed by atoms with E-state index < -0.39 is 18.4 Å².